The van der Waals surface area contributed by atoms with E-state index in [1.807, 2.05) is 19.9 Å². The quantitative estimate of drug-likeness (QED) is 0.791. The first kappa shape index (κ1) is 10.3. The van der Waals surface area contributed by atoms with Crippen LogP contribution in [0.3, 0.4) is 0 Å². The number of hydrogen-bond acceptors (Lipinski definition) is 4. The summed E-state index contributed by atoms with van der Waals surface area (Å²) in [5, 5.41) is 11.7. The fourth-order valence-electron chi connectivity index (χ4n) is 1.01. The fourth-order valence-corrected chi connectivity index (χ4v) is 1.01. The van der Waals surface area contributed by atoms with Crippen LogP contribution in [-0.4, -0.2) is 18.1 Å². The van der Waals surface area contributed by atoms with Gasteiger partial charge in [-0.05, 0) is 13.8 Å². The molecule has 4 heteroatoms. The first-order valence-corrected chi connectivity index (χ1v) is 4.42. The zero-order valence-corrected chi connectivity index (χ0v) is 8.53. The Balaban J connectivity index is 3.03. The largest absolute Gasteiger partial charge is 0.489 e. The Kier molecular flexibility index (Phi) is 3.29. The number of pyridine rings is 1. The predicted molar refractivity (Wildman–Crippen MR) is 54.3 cm³/mol. The number of nitrogens with zero attached hydrogens (tertiary/aromatic N) is 2. The van der Waals surface area contributed by atoms with Crippen LogP contribution >= 0.6 is 0 Å². The lowest BCUT2D eigenvalue weighted by molar-refractivity contribution is 0.241. The lowest BCUT2D eigenvalue weighted by atomic mass is 10.2. The molecule has 0 spiro atoms. The van der Waals surface area contributed by atoms with Crippen molar-refractivity contribution >= 4 is 5.82 Å². The van der Waals surface area contributed by atoms with Crippen molar-refractivity contribution in [3.63, 3.8) is 0 Å². The maximum atomic E-state index is 8.80. The van der Waals surface area contributed by atoms with Gasteiger partial charge in [0.05, 0.1) is 12.3 Å². The van der Waals surface area contributed by atoms with E-state index in [1.54, 1.807) is 13.1 Å². The van der Waals surface area contributed by atoms with Crippen LogP contribution < -0.4 is 10.1 Å². The van der Waals surface area contributed by atoms with E-state index >= 15 is 0 Å². The standard InChI is InChI=1S/C10H13N3O/c1-7(2)14-9-4-10(12-3)13-6-8(9)5-11/h4,6-7H,1-3H3,(H,12,13). The summed E-state index contributed by atoms with van der Waals surface area (Å²) in [6.07, 6.45) is 1.55. The van der Waals surface area contributed by atoms with Gasteiger partial charge in [0.25, 0.3) is 0 Å². The van der Waals surface area contributed by atoms with Crippen molar-refractivity contribution in [2.75, 3.05) is 12.4 Å². The molecular formula is C10H13N3O. The van der Waals surface area contributed by atoms with Gasteiger partial charge in [0.1, 0.15) is 23.2 Å². The number of aromatic nitrogens is 1. The molecule has 0 amide bonds. The number of anilines is 1. The second-order valence-corrected chi connectivity index (χ2v) is 3.09. The Bertz CT molecular complexity index is 355. The first-order chi connectivity index (χ1) is 6.67. The van der Waals surface area contributed by atoms with Crippen LogP contribution in [0.15, 0.2) is 12.3 Å². The second kappa shape index (κ2) is 4.47. The molecule has 0 aliphatic carbocycles. The van der Waals surface area contributed by atoms with Gasteiger partial charge in [-0.15, -0.1) is 0 Å². The maximum Gasteiger partial charge on any atom is 0.142 e. The number of nitrogens with one attached hydrogen (secondary N) is 1. The topological polar surface area (TPSA) is 57.9 Å². The molecule has 0 aromatic carbocycles. The van der Waals surface area contributed by atoms with Gasteiger partial charge >= 0.3 is 0 Å². The van der Waals surface area contributed by atoms with Gasteiger partial charge in [0, 0.05) is 13.1 Å². The van der Waals surface area contributed by atoms with E-state index in [-0.39, 0.29) is 6.10 Å². The summed E-state index contributed by atoms with van der Waals surface area (Å²) in [5.74, 6) is 1.27. The molecule has 74 valence electrons. The Hall–Kier alpha value is -1.76. The molecule has 1 N–H and O–H groups in total. The fraction of sp³-hybridized carbons (Fsp3) is 0.400. The summed E-state index contributed by atoms with van der Waals surface area (Å²) in [6, 6.07) is 3.76. The first-order valence-electron chi connectivity index (χ1n) is 4.42. The van der Waals surface area contributed by atoms with Crippen molar-refractivity contribution in [2.45, 2.75) is 20.0 Å². The Morgan fingerprint density at radius 1 is 1.57 bits per heavy atom. The summed E-state index contributed by atoms with van der Waals surface area (Å²) in [7, 11) is 1.77. The lowest BCUT2D eigenvalue weighted by Crippen LogP contribution is -2.07. The minimum atomic E-state index is 0.0502. The molecule has 14 heavy (non-hydrogen) atoms. The number of nitriles is 1. The SMILES string of the molecule is CNc1cc(OC(C)C)c(C#N)cn1. The summed E-state index contributed by atoms with van der Waals surface area (Å²) < 4.78 is 5.48. The van der Waals surface area contributed by atoms with Gasteiger partial charge in [-0.25, -0.2) is 4.98 Å². The molecule has 0 saturated carbocycles. The van der Waals surface area contributed by atoms with Gasteiger partial charge < -0.3 is 10.1 Å². The van der Waals surface area contributed by atoms with Crippen LogP contribution in [0.25, 0.3) is 0 Å². The molecule has 0 radical (unpaired) electrons. The highest BCUT2D eigenvalue weighted by Crippen LogP contribution is 2.21. The van der Waals surface area contributed by atoms with Gasteiger partial charge in [0.2, 0.25) is 0 Å². The molecule has 0 unspecified atom stereocenters. The van der Waals surface area contributed by atoms with Crippen molar-refractivity contribution in [1.82, 2.24) is 4.98 Å². The molecule has 0 atom stereocenters. The summed E-state index contributed by atoms with van der Waals surface area (Å²) in [5.41, 5.74) is 0.456. The molecule has 1 heterocycles. The highest BCUT2D eigenvalue weighted by atomic mass is 16.5. The van der Waals surface area contributed by atoms with E-state index in [9.17, 15) is 0 Å². The van der Waals surface area contributed by atoms with Crippen LogP contribution in [0.1, 0.15) is 19.4 Å². The number of ether oxygens (including phenoxy) is 1. The number of rotatable bonds is 3. The average molecular weight is 191 g/mol. The smallest absolute Gasteiger partial charge is 0.142 e. The lowest BCUT2D eigenvalue weighted by Gasteiger charge is -2.11. The number of hydrogen-bond donors (Lipinski definition) is 1. The molecule has 0 aliphatic heterocycles. The maximum absolute atomic E-state index is 8.80. The van der Waals surface area contributed by atoms with E-state index in [0.717, 1.165) is 0 Å². The molecule has 0 fully saturated rings. The van der Waals surface area contributed by atoms with Crippen molar-refractivity contribution in [3.8, 4) is 11.8 Å². The second-order valence-electron chi connectivity index (χ2n) is 3.09. The van der Waals surface area contributed by atoms with Crippen LogP contribution in [0.5, 0.6) is 5.75 Å². The third-order valence-electron chi connectivity index (χ3n) is 1.61. The molecule has 0 bridgehead atoms. The van der Waals surface area contributed by atoms with Crippen LogP contribution in [0.4, 0.5) is 5.82 Å². The third-order valence-corrected chi connectivity index (χ3v) is 1.61. The van der Waals surface area contributed by atoms with Crippen LogP contribution in [0.2, 0.25) is 0 Å². The minimum Gasteiger partial charge on any atom is -0.489 e. The van der Waals surface area contributed by atoms with Crippen LogP contribution in [-0.2, 0) is 0 Å². The molecule has 0 saturated heterocycles. The molecule has 4 nitrogen and oxygen atoms in total. The van der Waals surface area contributed by atoms with Crippen molar-refractivity contribution in [2.24, 2.45) is 0 Å². The monoisotopic (exact) mass is 191 g/mol. The van der Waals surface area contributed by atoms with Gasteiger partial charge in [-0.1, -0.05) is 0 Å². The van der Waals surface area contributed by atoms with Crippen molar-refractivity contribution in [1.29, 1.82) is 5.26 Å². The van der Waals surface area contributed by atoms with E-state index < -0.39 is 0 Å². The van der Waals surface area contributed by atoms with Gasteiger partial charge in [-0.3, -0.25) is 0 Å². The molecular weight excluding hydrogens is 178 g/mol. The van der Waals surface area contributed by atoms with Crippen LogP contribution in [0, 0.1) is 11.3 Å². The summed E-state index contributed by atoms with van der Waals surface area (Å²) >= 11 is 0. The van der Waals surface area contributed by atoms with E-state index in [2.05, 4.69) is 10.3 Å². The van der Waals surface area contributed by atoms with E-state index in [1.165, 1.54) is 6.20 Å². The van der Waals surface area contributed by atoms with E-state index in [0.29, 0.717) is 17.1 Å². The van der Waals surface area contributed by atoms with E-state index in [4.69, 9.17) is 10.00 Å². The van der Waals surface area contributed by atoms with Gasteiger partial charge in [-0.2, -0.15) is 5.26 Å². The zero-order valence-electron chi connectivity index (χ0n) is 8.53. The molecule has 1 aromatic rings. The highest BCUT2D eigenvalue weighted by Gasteiger charge is 2.06. The predicted octanol–water partition coefficient (Wildman–Crippen LogP) is 1.78. The third kappa shape index (κ3) is 2.36. The minimum absolute atomic E-state index is 0.0502. The Labute approximate surface area is 83.5 Å². The molecule has 1 aromatic heterocycles. The molecule has 1 rings (SSSR count). The normalized spacial score (nSPS) is 9.64. The molecule has 0 aliphatic rings. The average Bonchev–Trinajstić information content (AvgIpc) is 2.16. The highest BCUT2D eigenvalue weighted by molar-refractivity contribution is 5.49. The zero-order chi connectivity index (χ0) is 10.6. The Morgan fingerprint density at radius 3 is 2.79 bits per heavy atom. The summed E-state index contributed by atoms with van der Waals surface area (Å²) in [6.45, 7) is 3.83. The summed E-state index contributed by atoms with van der Waals surface area (Å²) in [4.78, 5) is 4.02. The van der Waals surface area contributed by atoms with Crippen molar-refractivity contribution in [3.05, 3.63) is 17.8 Å². The van der Waals surface area contributed by atoms with Crippen molar-refractivity contribution < 1.29 is 4.74 Å². The Morgan fingerprint density at radius 2 is 2.29 bits per heavy atom. The van der Waals surface area contributed by atoms with Gasteiger partial charge in [0.15, 0.2) is 0 Å².